The molecule has 1 nitrogen and oxygen atoms in total. The number of aliphatic imine (C=N–C) groups is 1. The lowest BCUT2D eigenvalue weighted by Crippen LogP contribution is -1.98. The van der Waals surface area contributed by atoms with Crippen LogP contribution >= 0.6 is 39.9 Å². The molecule has 0 saturated heterocycles. The molecule has 13 heavy (non-hydrogen) atoms. The molecule has 1 aromatic rings. The maximum Gasteiger partial charge on any atom is 0.160 e. The zero-order valence-corrected chi connectivity index (χ0v) is 9.88. The van der Waals surface area contributed by atoms with Gasteiger partial charge in [0.25, 0.3) is 0 Å². The first-order valence-electron chi connectivity index (χ1n) is 3.76. The topological polar surface area (TPSA) is 12.4 Å². The van der Waals surface area contributed by atoms with Gasteiger partial charge in [-0.05, 0) is 17.7 Å². The van der Waals surface area contributed by atoms with Gasteiger partial charge in [0.1, 0.15) is 0 Å². The highest BCUT2D eigenvalue weighted by Gasteiger charge is 2.12. The van der Waals surface area contributed by atoms with Gasteiger partial charge in [0.05, 0.1) is 5.71 Å². The van der Waals surface area contributed by atoms with Crippen LogP contribution in [0.15, 0.2) is 33.7 Å². The van der Waals surface area contributed by atoms with Gasteiger partial charge in [-0.15, -0.1) is 0 Å². The molecule has 2 rings (SSSR count). The minimum atomic E-state index is 0.748. The highest BCUT2D eigenvalue weighted by atomic mass is 79.9. The number of thiocarbonyl (C=S) groups is 1. The predicted octanol–water partition coefficient (Wildman–Crippen LogP) is 3.27. The van der Waals surface area contributed by atoms with Crippen molar-refractivity contribution in [2.75, 3.05) is 5.75 Å². The lowest BCUT2D eigenvalue weighted by Gasteiger charge is -1.98. The Labute approximate surface area is 94.8 Å². The van der Waals surface area contributed by atoms with Gasteiger partial charge in [-0.3, -0.25) is 0 Å². The molecule has 0 spiro atoms. The molecule has 0 atom stereocenters. The van der Waals surface area contributed by atoms with E-state index < -0.39 is 0 Å². The number of halogens is 1. The molecule has 0 amide bonds. The molecule has 1 aliphatic heterocycles. The molecule has 1 aromatic carbocycles. The van der Waals surface area contributed by atoms with Crippen molar-refractivity contribution in [2.45, 2.75) is 0 Å². The zero-order chi connectivity index (χ0) is 9.26. The average Bonchev–Trinajstić information content (AvgIpc) is 2.53. The summed E-state index contributed by atoms with van der Waals surface area (Å²) in [5.74, 6) is 0.903. The molecule has 1 aliphatic rings. The zero-order valence-electron chi connectivity index (χ0n) is 6.66. The van der Waals surface area contributed by atoms with Gasteiger partial charge in [0.15, 0.2) is 4.32 Å². The first-order valence-corrected chi connectivity index (χ1v) is 5.94. The molecule has 4 heteroatoms. The Morgan fingerprint density at radius 1 is 1.31 bits per heavy atom. The molecule has 0 fully saturated rings. The third-order valence-electron chi connectivity index (χ3n) is 1.74. The molecule has 0 saturated carbocycles. The quantitative estimate of drug-likeness (QED) is 0.727. The minimum absolute atomic E-state index is 0.748. The van der Waals surface area contributed by atoms with Crippen molar-refractivity contribution >= 4 is 49.9 Å². The molecule has 0 unspecified atom stereocenters. The first-order chi connectivity index (χ1) is 6.25. The van der Waals surface area contributed by atoms with E-state index in [4.69, 9.17) is 12.2 Å². The van der Waals surface area contributed by atoms with E-state index >= 15 is 0 Å². The summed E-state index contributed by atoms with van der Waals surface area (Å²) >= 11 is 10.0. The Bertz CT molecular complexity index is 370. The fourth-order valence-electron chi connectivity index (χ4n) is 1.09. The summed E-state index contributed by atoms with van der Waals surface area (Å²) in [7, 11) is 0. The van der Waals surface area contributed by atoms with Gasteiger partial charge in [-0.25, -0.2) is 4.99 Å². The second-order valence-electron chi connectivity index (χ2n) is 2.62. The number of thioether (sulfide) groups is 1. The van der Waals surface area contributed by atoms with Crippen molar-refractivity contribution in [2.24, 2.45) is 4.99 Å². The van der Waals surface area contributed by atoms with Crippen LogP contribution in [-0.2, 0) is 0 Å². The third-order valence-corrected chi connectivity index (χ3v) is 3.47. The van der Waals surface area contributed by atoms with Gasteiger partial charge >= 0.3 is 0 Å². The molecule has 0 N–H and O–H groups in total. The van der Waals surface area contributed by atoms with Crippen LogP contribution in [0.5, 0.6) is 0 Å². The Balaban J connectivity index is 2.31. The van der Waals surface area contributed by atoms with Crippen LogP contribution < -0.4 is 0 Å². The molecule has 0 radical (unpaired) electrons. The van der Waals surface area contributed by atoms with E-state index in [1.807, 2.05) is 12.1 Å². The van der Waals surface area contributed by atoms with Crippen LogP contribution in [0, 0.1) is 0 Å². The molecule has 0 bridgehead atoms. The van der Waals surface area contributed by atoms with Crippen LogP contribution in [0.25, 0.3) is 0 Å². The highest BCUT2D eigenvalue weighted by molar-refractivity contribution is 9.10. The fraction of sp³-hybridized carbons (Fsp3) is 0.111. The van der Waals surface area contributed by atoms with E-state index in [1.165, 1.54) is 0 Å². The summed E-state index contributed by atoms with van der Waals surface area (Å²) in [5, 5.41) is 0. The molecular formula is C9H6BrNS2. The number of hydrogen-bond donors (Lipinski definition) is 0. The Morgan fingerprint density at radius 2 is 2.00 bits per heavy atom. The van der Waals surface area contributed by atoms with Gasteiger partial charge in [0.2, 0.25) is 0 Å². The van der Waals surface area contributed by atoms with Gasteiger partial charge < -0.3 is 0 Å². The minimum Gasteiger partial charge on any atom is -0.233 e. The number of hydrogen-bond acceptors (Lipinski definition) is 2. The molecule has 66 valence electrons. The third kappa shape index (κ3) is 2.18. The van der Waals surface area contributed by atoms with Crippen LogP contribution in [0.3, 0.4) is 0 Å². The normalized spacial score (nSPS) is 16.1. The van der Waals surface area contributed by atoms with E-state index in [9.17, 15) is 0 Å². The summed E-state index contributed by atoms with van der Waals surface area (Å²) in [6.45, 7) is 0. The summed E-state index contributed by atoms with van der Waals surface area (Å²) in [6, 6.07) is 8.14. The average molecular weight is 272 g/mol. The van der Waals surface area contributed by atoms with Crippen LogP contribution in [0.4, 0.5) is 0 Å². The standard InChI is InChI=1S/C9H6BrNS2/c10-7-3-1-6(2-4-7)8-5-13-9(12)11-8/h1-4H,5H2. The van der Waals surface area contributed by atoms with Gasteiger partial charge in [-0.1, -0.05) is 52.0 Å². The highest BCUT2D eigenvalue weighted by Crippen LogP contribution is 2.20. The molecule has 0 aromatic heterocycles. The van der Waals surface area contributed by atoms with E-state index in [-0.39, 0.29) is 0 Å². The van der Waals surface area contributed by atoms with Crippen molar-refractivity contribution < 1.29 is 0 Å². The number of rotatable bonds is 1. The maximum atomic E-state index is 4.99. The van der Waals surface area contributed by atoms with Crippen molar-refractivity contribution in [1.29, 1.82) is 0 Å². The lowest BCUT2D eigenvalue weighted by atomic mass is 10.1. The monoisotopic (exact) mass is 271 g/mol. The van der Waals surface area contributed by atoms with Crippen molar-refractivity contribution in [3.63, 3.8) is 0 Å². The smallest absolute Gasteiger partial charge is 0.160 e. The Kier molecular flexibility index (Phi) is 2.81. The van der Waals surface area contributed by atoms with E-state index in [0.29, 0.717) is 0 Å². The number of benzene rings is 1. The summed E-state index contributed by atoms with van der Waals surface area (Å²) in [4.78, 5) is 4.28. The van der Waals surface area contributed by atoms with Crippen LogP contribution in [0.1, 0.15) is 5.56 Å². The van der Waals surface area contributed by atoms with Crippen LogP contribution in [-0.4, -0.2) is 15.8 Å². The molecule has 1 heterocycles. The maximum absolute atomic E-state index is 4.99. The Hall–Kier alpha value is -0.190. The van der Waals surface area contributed by atoms with Gasteiger partial charge in [-0.2, -0.15) is 0 Å². The molecule has 0 aliphatic carbocycles. The van der Waals surface area contributed by atoms with Gasteiger partial charge in [0, 0.05) is 10.2 Å². The van der Waals surface area contributed by atoms with E-state index in [0.717, 1.165) is 25.8 Å². The van der Waals surface area contributed by atoms with Crippen molar-refractivity contribution in [3.8, 4) is 0 Å². The predicted molar refractivity (Wildman–Crippen MR) is 65.7 cm³/mol. The van der Waals surface area contributed by atoms with E-state index in [2.05, 4.69) is 33.1 Å². The van der Waals surface area contributed by atoms with Crippen molar-refractivity contribution in [3.05, 3.63) is 34.3 Å². The van der Waals surface area contributed by atoms with E-state index in [1.54, 1.807) is 11.8 Å². The Morgan fingerprint density at radius 3 is 2.54 bits per heavy atom. The summed E-state index contributed by atoms with van der Waals surface area (Å²) in [5.41, 5.74) is 2.25. The van der Waals surface area contributed by atoms with Crippen LogP contribution in [0.2, 0.25) is 0 Å². The summed E-state index contributed by atoms with van der Waals surface area (Å²) in [6.07, 6.45) is 0. The second-order valence-corrected chi connectivity index (χ2v) is 5.14. The van der Waals surface area contributed by atoms with Crippen molar-refractivity contribution in [1.82, 2.24) is 0 Å². The molecular weight excluding hydrogens is 266 g/mol. The SMILES string of the molecule is S=C1N=C(c2ccc(Br)cc2)CS1. The summed E-state index contributed by atoms with van der Waals surface area (Å²) < 4.78 is 1.84. The second kappa shape index (κ2) is 3.90. The fourth-order valence-corrected chi connectivity index (χ4v) is 2.31. The first kappa shape index (κ1) is 9.37. The largest absolute Gasteiger partial charge is 0.233 e. The number of nitrogens with zero attached hydrogens (tertiary/aromatic N) is 1. The lowest BCUT2D eigenvalue weighted by molar-refractivity contribution is 1.58.